The van der Waals surface area contributed by atoms with Crippen molar-refractivity contribution in [2.45, 2.75) is 26.3 Å². The van der Waals surface area contributed by atoms with Gasteiger partial charge in [0.2, 0.25) is 0 Å². The van der Waals surface area contributed by atoms with Crippen LogP contribution in [0.4, 0.5) is 0 Å². The maximum absolute atomic E-state index is 11.4. The van der Waals surface area contributed by atoms with Gasteiger partial charge in [-0.2, -0.15) is 0 Å². The molecule has 1 heterocycles. The van der Waals surface area contributed by atoms with E-state index in [0.29, 0.717) is 32.1 Å². The minimum absolute atomic E-state index is 0. The van der Waals surface area contributed by atoms with Crippen molar-refractivity contribution in [1.29, 1.82) is 0 Å². The molecule has 1 unspecified atom stereocenters. The van der Waals surface area contributed by atoms with Crippen LogP contribution in [0, 0.1) is 0 Å². The first-order chi connectivity index (χ1) is 8.57. The van der Waals surface area contributed by atoms with Crippen molar-refractivity contribution in [1.82, 2.24) is 10.6 Å². The van der Waals surface area contributed by atoms with Crippen molar-refractivity contribution < 1.29 is 13.2 Å². The zero-order valence-corrected chi connectivity index (χ0v) is 14.7. The average Bonchev–Trinajstić information content (AvgIpc) is 2.64. The van der Waals surface area contributed by atoms with E-state index in [4.69, 9.17) is 4.74 Å². The third-order valence-corrected chi connectivity index (χ3v) is 4.40. The van der Waals surface area contributed by atoms with E-state index in [0.717, 1.165) is 6.54 Å². The molecule has 6 nitrogen and oxygen atoms in total. The number of rotatable bonds is 6. The van der Waals surface area contributed by atoms with Crippen LogP contribution in [0.25, 0.3) is 0 Å². The maximum Gasteiger partial charge on any atom is 0.191 e. The number of halogens is 1. The van der Waals surface area contributed by atoms with E-state index in [1.807, 2.05) is 13.8 Å². The molecule has 1 aliphatic heterocycles. The van der Waals surface area contributed by atoms with E-state index in [1.54, 1.807) is 0 Å². The quantitative estimate of drug-likeness (QED) is 0.289. The molecule has 19 heavy (non-hydrogen) atoms. The number of aliphatic imine (C=N–C) groups is 1. The van der Waals surface area contributed by atoms with E-state index in [-0.39, 0.29) is 41.5 Å². The Balaban J connectivity index is 0.00000324. The summed E-state index contributed by atoms with van der Waals surface area (Å²) in [6, 6.07) is -0.0279. The summed E-state index contributed by atoms with van der Waals surface area (Å²) in [4.78, 5) is 4.34. The fourth-order valence-electron chi connectivity index (χ4n) is 1.79. The lowest BCUT2D eigenvalue weighted by molar-refractivity contribution is 0.155. The van der Waals surface area contributed by atoms with Gasteiger partial charge in [0.25, 0.3) is 0 Å². The molecule has 1 saturated heterocycles. The van der Waals surface area contributed by atoms with Crippen molar-refractivity contribution in [3.63, 3.8) is 0 Å². The molecule has 0 aromatic heterocycles. The van der Waals surface area contributed by atoms with Crippen LogP contribution in [0.15, 0.2) is 4.99 Å². The van der Waals surface area contributed by atoms with Crippen LogP contribution in [0.1, 0.15) is 20.3 Å². The molecule has 114 valence electrons. The van der Waals surface area contributed by atoms with E-state index >= 15 is 0 Å². The average molecular weight is 405 g/mol. The van der Waals surface area contributed by atoms with Crippen LogP contribution >= 0.6 is 24.0 Å². The molecule has 1 rings (SSSR count). The Labute approximate surface area is 132 Å². The van der Waals surface area contributed by atoms with Crippen LogP contribution in [-0.4, -0.2) is 58.2 Å². The lowest BCUT2D eigenvalue weighted by atomic mass is 10.3. The molecular formula is C11H24IN3O3S. The number of hydrogen-bond donors (Lipinski definition) is 2. The topological polar surface area (TPSA) is 79.8 Å². The molecule has 0 aromatic rings. The third-order valence-electron chi connectivity index (χ3n) is 2.63. The summed E-state index contributed by atoms with van der Waals surface area (Å²) in [6.45, 7) is 6.50. The molecule has 1 aliphatic rings. The summed E-state index contributed by atoms with van der Waals surface area (Å²) in [7, 11) is -2.86. The van der Waals surface area contributed by atoms with Crippen LogP contribution in [-0.2, 0) is 14.6 Å². The molecule has 0 radical (unpaired) electrons. The molecule has 0 amide bonds. The molecule has 0 aliphatic carbocycles. The summed E-state index contributed by atoms with van der Waals surface area (Å²) < 4.78 is 27.9. The Bertz CT molecular complexity index is 373. The van der Waals surface area contributed by atoms with E-state index in [1.165, 1.54) is 0 Å². The van der Waals surface area contributed by atoms with Crippen molar-refractivity contribution >= 4 is 39.8 Å². The summed E-state index contributed by atoms with van der Waals surface area (Å²) in [6.07, 6.45) is 0.651. The first kappa shape index (κ1) is 18.9. The minimum atomic E-state index is -2.86. The second kappa shape index (κ2) is 9.76. The Morgan fingerprint density at radius 1 is 1.42 bits per heavy atom. The van der Waals surface area contributed by atoms with Crippen LogP contribution in [0.5, 0.6) is 0 Å². The van der Waals surface area contributed by atoms with Gasteiger partial charge in [-0.25, -0.2) is 8.42 Å². The summed E-state index contributed by atoms with van der Waals surface area (Å²) in [5.41, 5.74) is 0. The highest BCUT2D eigenvalue weighted by atomic mass is 127. The molecular weight excluding hydrogens is 381 g/mol. The van der Waals surface area contributed by atoms with Gasteiger partial charge in [0.05, 0.1) is 24.7 Å². The largest absolute Gasteiger partial charge is 0.380 e. The number of nitrogens with one attached hydrogen (secondary N) is 2. The predicted octanol–water partition coefficient (Wildman–Crippen LogP) is 0.383. The van der Waals surface area contributed by atoms with Crippen LogP contribution < -0.4 is 10.6 Å². The van der Waals surface area contributed by atoms with Crippen LogP contribution in [0.2, 0.25) is 0 Å². The number of guanidine groups is 1. The van der Waals surface area contributed by atoms with Crippen molar-refractivity contribution in [2.75, 3.05) is 37.8 Å². The smallest absolute Gasteiger partial charge is 0.191 e. The highest BCUT2D eigenvalue weighted by Gasteiger charge is 2.28. The molecule has 8 heteroatoms. The van der Waals surface area contributed by atoms with Crippen molar-refractivity contribution in [3.8, 4) is 0 Å². The first-order valence-electron chi connectivity index (χ1n) is 6.40. The van der Waals surface area contributed by atoms with Gasteiger partial charge < -0.3 is 15.4 Å². The molecule has 0 aromatic carbocycles. The van der Waals surface area contributed by atoms with Crippen molar-refractivity contribution in [3.05, 3.63) is 0 Å². The Hall–Kier alpha value is -0.0900. The van der Waals surface area contributed by atoms with Gasteiger partial charge in [-0.15, -0.1) is 24.0 Å². The summed E-state index contributed by atoms with van der Waals surface area (Å²) >= 11 is 0. The normalized spacial score (nSPS) is 21.8. The van der Waals surface area contributed by atoms with E-state index in [2.05, 4.69) is 15.6 Å². The molecule has 1 atom stereocenters. The van der Waals surface area contributed by atoms with Gasteiger partial charge in [-0.3, -0.25) is 4.99 Å². The summed E-state index contributed by atoms with van der Waals surface area (Å²) in [5, 5.41) is 6.26. The fourth-order valence-corrected chi connectivity index (χ4v) is 3.46. The standard InChI is InChI=1S/C11H23N3O3S.HI/c1-3-12-11(13-6-7-17-4-2)14-10-5-8-18(15,16)9-10;/h10H,3-9H2,1-2H3,(H2,12,13,14);1H. The highest BCUT2D eigenvalue weighted by Crippen LogP contribution is 2.10. The lowest BCUT2D eigenvalue weighted by Gasteiger charge is -2.15. The van der Waals surface area contributed by atoms with Gasteiger partial charge >= 0.3 is 0 Å². The minimum Gasteiger partial charge on any atom is -0.380 e. The first-order valence-corrected chi connectivity index (χ1v) is 8.22. The molecule has 1 fully saturated rings. The van der Waals surface area contributed by atoms with Gasteiger partial charge in [-0.05, 0) is 20.3 Å². The van der Waals surface area contributed by atoms with Crippen LogP contribution in [0.3, 0.4) is 0 Å². The van der Waals surface area contributed by atoms with Gasteiger partial charge in [-0.1, -0.05) is 0 Å². The molecule has 0 saturated carbocycles. The number of sulfone groups is 1. The Morgan fingerprint density at radius 3 is 2.68 bits per heavy atom. The van der Waals surface area contributed by atoms with E-state index < -0.39 is 9.84 Å². The number of ether oxygens (including phenoxy) is 1. The highest BCUT2D eigenvalue weighted by molar-refractivity contribution is 14.0. The Kier molecular flexibility index (Phi) is 9.71. The zero-order valence-electron chi connectivity index (χ0n) is 11.5. The van der Waals surface area contributed by atoms with Gasteiger partial charge in [0.1, 0.15) is 0 Å². The van der Waals surface area contributed by atoms with Gasteiger partial charge in [0.15, 0.2) is 15.8 Å². The van der Waals surface area contributed by atoms with E-state index in [9.17, 15) is 8.42 Å². The molecule has 2 N–H and O–H groups in total. The monoisotopic (exact) mass is 405 g/mol. The van der Waals surface area contributed by atoms with Crippen molar-refractivity contribution in [2.24, 2.45) is 4.99 Å². The zero-order chi connectivity index (χ0) is 13.4. The second-order valence-electron chi connectivity index (χ2n) is 4.20. The summed E-state index contributed by atoms with van der Waals surface area (Å²) in [5.74, 6) is 1.13. The molecule has 0 bridgehead atoms. The van der Waals surface area contributed by atoms with Gasteiger partial charge in [0, 0.05) is 19.2 Å². The Morgan fingerprint density at radius 2 is 2.16 bits per heavy atom. The molecule has 0 spiro atoms. The third kappa shape index (κ3) is 7.93. The second-order valence-corrected chi connectivity index (χ2v) is 6.43. The number of nitrogens with zero attached hydrogens (tertiary/aromatic N) is 1. The number of hydrogen-bond acceptors (Lipinski definition) is 4. The SMILES string of the molecule is CCNC(=NCCOCC)NC1CCS(=O)(=O)C1.I. The lowest BCUT2D eigenvalue weighted by Crippen LogP contribution is -2.44. The maximum atomic E-state index is 11.4. The predicted molar refractivity (Wildman–Crippen MR) is 88.1 cm³/mol. The fraction of sp³-hybridized carbons (Fsp3) is 0.909.